The van der Waals surface area contributed by atoms with Gasteiger partial charge in [0.15, 0.2) is 0 Å². The maximum absolute atomic E-state index is 12.3. The zero-order chi connectivity index (χ0) is 13.8. The van der Waals surface area contributed by atoms with E-state index in [-0.39, 0.29) is 5.91 Å². The number of nitrogens with zero attached hydrogens (tertiary/aromatic N) is 1. The van der Waals surface area contributed by atoms with Crippen molar-refractivity contribution in [2.24, 2.45) is 0 Å². The minimum Gasteiger partial charge on any atom is -0.497 e. The van der Waals surface area contributed by atoms with Gasteiger partial charge < -0.3 is 14.7 Å². The van der Waals surface area contributed by atoms with Gasteiger partial charge in [-0.1, -0.05) is 0 Å². The first-order valence-corrected chi connectivity index (χ1v) is 6.31. The number of carboxylic acid groups (broad SMARTS) is 1. The van der Waals surface area contributed by atoms with Gasteiger partial charge in [-0.3, -0.25) is 4.79 Å². The number of aliphatic carboxylic acids is 1. The lowest BCUT2D eigenvalue weighted by atomic mass is 10.0. The normalized spacial score (nSPS) is 19.0. The molecule has 1 aliphatic rings. The van der Waals surface area contributed by atoms with Crippen LogP contribution in [0.4, 0.5) is 0 Å². The first kappa shape index (κ1) is 13.4. The van der Waals surface area contributed by atoms with Gasteiger partial charge in [-0.15, -0.1) is 0 Å². The molecule has 0 aromatic heterocycles. The Morgan fingerprint density at radius 1 is 1.26 bits per heavy atom. The number of carbonyl (C=O) groups excluding carboxylic acids is 1. The van der Waals surface area contributed by atoms with Crippen molar-refractivity contribution in [2.75, 3.05) is 13.7 Å². The topological polar surface area (TPSA) is 66.8 Å². The zero-order valence-electron chi connectivity index (χ0n) is 10.8. The zero-order valence-corrected chi connectivity index (χ0v) is 10.8. The van der Waals surface area contributed by atoms with Crippen LogP contribution in [-0.4, -0.2) is 41.6 Å². The van der Waals surface area contributed by atoms with Crippen LogP contribution in [0.2, 0.25) is 0 Å². The molecule has 1 heterocycles. The summed E-state index contributed by atoms with van der Waals surface area (Å²) in [6.45, 7) is 0.502. The average molecular weight is 263 g/mol. The SMILES string of the molecule is COc1ccc(C(=O)N2CCCC[C@H]2C(=O)O)cc1. The maximum Gasteiger partial charge on any atom is 0.326 e. The summed E-state index contributed by atoms with van der Waals surface area (Å²) in [5.41, 5.74) is 0.494. The molecule has 1 aromatic carbocycles. The molecular formula is C14H17NO4. The molecule has 102 valence electrons. The highest BCUT2D eigenvalue weighted by atomic mass is 16.5. The highest BCUT2D eigenvalue weighted by Gasteiger charge is 2.32. The second kappa shape index (κ2) is 5.73. The van der Waals surface area contributed by atoms with Crippen LogP contribution in [0.5, 0.6) is 5.75 Å². The van der Waals surface area contributed by atoms with Crippen LogP contribution >= 0.6 is 0 Å². The molecule has 0 aliphatic carbocycles. The number of piperidine rings is 1. The van der Waals surface area contributed by atoms with Crippen molar-refractivity contribution in [3.8, 4) is 5.75 Å². The van der Waals surface area contributed by atoms with Crippen molar-refractivity contribution in [1.82, 2.24) is 4.90 Å². The number of carboxylic acids is 1. The van der Waals surface area contributed by atoms with Gasteiger partial charge >= 0.3 is 5.97 Å². The molecule has 1 amide bonds. The van der Waals surface area contributed by atoms with Crippen LogP contribution < -0.4 is 4.74 Å². The number of ether oxygens (including phenoxy) is 1. The number of hydrogen-bond acceptors (Lipinski definition) is 3. The van der Waals surface area contributed by atoms with Gasteiger partial charge in [-0.2, -0.15) is 0 Å². The number of rotatable bonds is 3. The van der Waals surface area contributed by atoms with Crippen LogP contribution in [0.3, 0.4) is 0 Å². The molecule has 1 aliphatic heterocycles. The van der Waals surface area contributed by atoms with Gasteiger partial charge in [0.2, 0.25) is 0 Å². The number of amides is 1. The Hall–Kier alpha value is -2.04. The molecule has 19 heavy (non-hydrogen) atoms. The van der Waals surface area contributed by atoms with Crippen molar-refractivity contribution in [3.63, 3.8) is 0 Å². The van der Waals surface area contributed by atoms with Crippen LogP contribution in [0.15, 0.2) is 24.3 Å². The number of hydrogen-bond donors (Lipinski definition) is 1. The maximum atomic E-state index is 12.3. The van der Waals surface area contributed by atoms with Crippen LogP contribution in [0.1, 0.15) is 29.6 Å². The molecule has 0 bridgehead atoms. The second-order valence-corrected chi connectivity index (χ2v) is 4.58. The fraction of sp³-hybridized carbons (Fsp3) is 0.429. The molecule has 1 aromatic rings. The summed E-state index contributed by atoms with van der Waals surface area (Å²) in [4.78, 5) is 25.0. The van der Waals surface area contributed by atoms with E-state index in [1.54, 1.807) is 31.4 Å². The lowest BCUT2D eigenvalue weighted by molar-refractivity contribution is -0.143. The number of benzene rings is 1. The first-order chi connectivity index (χ1) is 9.13. The predicted molar refractivity (Wildman–Crippen MR) is 69.3 cm³/mol. The fourth-order valence-corrected chi connectivity index (χ4v) is 2.33. The van der Waals surface area contributed by atoms with Gasteiger partial charge in [0.05, 0.1) is 7.11 Å². The summed E-state index contributed by atoms with van der Waals surface area (Å²) in [6.07, 6.45) is 2.23. The Bertz CT molecular complexity index is 469. The van der Waals surface area contributed by atoms with Gasteiger partial charge in [0.25, 0.3) is 5.91 Å². The highest BCUT2D eigenvalue weighted by molar-refractivity contribution is 5.96. The number of methoxy groups -OCH3 is 1. The summed E-state index contributed by atoms with van der Waals surface area (Å²) in [5, 5.41) is 9.17. The molecule has 0 saturated carbocycles. The monoisotopic (exact) mass is 263 g/mol. The van der Waals surface area contributed by atoms with E-state index in [2.05, 4.69) is 0 Å². The standard InChI is InChI=1S/C14H17NO4/c1-19-11-7-5-10(6-8-11)13(16)15-9-3-2-4-12(15)14(17)18/h5-8,12H,2-4,9H2,1H3,(H,17,18)/t12-/m0/s1. The molecule has 1 atom stereocenters. The van der Waals surface area contributed by atoms with Gasteiger partial charge in [-0.05, 0) is 43.5 Å². The third kappa shape index (κ3) is 2.86. The molecule has 1 fully saturated rings. The summed E-state index contributed by atoms with van der Waals surface area (Å²) in [7, 11) is 1.56. The van der Waals surface area contributed by atoms with E-state index in [0.717, 1.165) is 12.8 Å². The summed E-state index contributed by atoms with van der Waals surface area (Å²) < 4.78 is 5.03. The molecule has 1 saturated heterocycles. The van der Waals surface area contributed by atoms with E-state index < -0.39 is 12.0 Å². The third-order valence-corrected chi connectivity index (χ3v) is 3.39. The van der Waals surface area contributed by atoms with Crippen molar-refractivity contribution in [2.45, 2.75) is 25.3 Å². The molecular weight excluding hydrogens is 246 g/mol. The van der Waals surface area contributed by atoms with Crippen LogP contribution in [-0.2, 0) is 4.79 Å². The smallest absolute Gasteiger partial charge is 0.326 e. The molecule has 5 heteroatoms. The minimum atomic E-state index is -0.929. The van der Waals surface area contributed by atoms with E-state index in [1.807, 2.05) is 0 Å². The van der Waals surface area contributed by atoms with E-state index in [9.17, 15) is 14.7 Å². The van der Waals surface area contributed by atoms with E-state index in [1.165, 1.54) is 4.90 Å². The summed E-state index contributed by atoms with van der Waals surface area (Å²) in [5.74, 6) is -0.485. The quantitative estimate of drug-likeness (QED) is 0.902. The van der Waals surface area contributed by atoms with Crippen molar-refractivity contribution in [3.05, 3.63) is 29.8 Å². The summed E-state index contributed by atoms with van der Waals surface area (Å²) >= 11 is 0. The predicted octanol–water partition coefficient (Wildman–Crippen LogP) is 1.77. The van der Waals surface area contributed by atoms with Crippen LogP contribution in [0, 0.1) is 0 Å². The molecule has 0 unspecified atom stereocenters. The number of likely N-dealkylation sites (tertiary alicyclic amines) is 1. The lowest BCUT2D eigenvalue weighted by Crippen LogP contribution is -2.47. The second-order valence-electron chi connectivity index (χ2n) is 4.58. The van der Waals surface area contributed by atoms with Gasteiger partial charge in [0, 0.05) is 12.1 Å². The Morgan fingerprint density at radius 2 is 1.95 bits per heavy atom. The Kier molecular flexibility index (Phi) is 4.04. The molecule has 0 radical (unpaired) electrons. The molecule has 1 N–H and O–H groups in total. The van der Waals surface area contributed by atoms with E-state index in [4.69, 9.17) is 4.74 Å². The first-order valence-electron chi connectivity index (χ1n) is 6.31. The third-order valence-electron chi connectivity index (χ3n) is 3.39. The molecule has 5 nitrogen and oxygen atoms in total. The van der Waals surface area contributed by atoms with E-state index in [0.29, 0.717) is 24.3 Å². The lowest BCUT2D eigenvalue weighted by Gasteiger charge is -2.33. The summed E-state index contributed by atoms with van der Waals surface area (Å²) in [6, 6.07) is 6.02. The Morgan fingerprint density at radius 3 is 2.53 bits per heavy atom. The molecule has 0 spiro atoms. The number of carbonyl (C=O) groups is 2. The largest absolute Gasteiger partial charge is 0.497 e. The van der Waals surface area contributed by atoms with Crippen molar-refractivity contribution >= 4 is 11.9 Å². The minimum absolute atomic E-state index is 0.227. The fourth-order valence-electron chi connectivity index (χ4n) is 2.33. The Labute approximate surface area is 111 Å². The van der Waals surface area contributed by atoms with Crippen molar-refractivity contribution < 1.29 is 19.4 Å². The highest BCUT2D eigenvalue weighted by Crippen LogP contribution is 2.21. The van der Waals surface area contributed by atoms with E-state index >= 15 is 0 Å². The Balaban J connectivity index is 2.18. The average Bonchev–Trinajstić information content (AvgIpc) is 2.46. The molecule has 2 rings (SSSR count). The van der Waals surface area contributed by atoms with Crippen LogP contribution in [0.25, 0.3) is 0 Å². The van der Waals surface area contributed by atoms with Gasteiger partial charge in [0.1, 0.15) is 11.8 Å². The van der Waals surface area contributed by atoms with Gasteiger partial charge in [-0.25, -0.2) is 4.79 Å². The van der Waals surface area contributed by atoms with Crippen molar-refractivity contribution in [1.29, 1.82) is 0 Å².